The number of aromatic nitrogens is 7. The van der Waals surface area contributed by atoms with Crippen molar-refractivity contribution in [1.29, 1.82) is 0 Å². The number of hydrogen-bond acceptors (Lipinski definition) is 6. The SMILES string of the molecule is Cc1cccc(-c2nccc3[nH]c(-c4n[nH]c5ccc(-c6cncc(NC(=O)C7CCCCC7)c6)nc45)nc23)c1. The summed E-state index contributed by atoms with van der Waals surface area (Å²) < 4.78 is 0. The number of anilines is 1. The van der Waals surface area contributed by atoms with Crippen LogP contribution in [0, 0.1) is 12.8 Å². The molecule has 1 saturated carbocycles. The number of imidazole rings is 1. The van der Waals surface area contributed by atoms with Crippen LogP contribution in [-0.2, 0) is 4.79 Å². The van der Waals surface area contributed by atoms with Gasteiger partial charge in [-0.05, 0) is 50.1 Å². The van der Waals surface area contributed by atoms with E-state index in [0.29, 0.717) is 22.7 Å². The summed E-state index contributed by atoms with van der Waals surface area (Å²) >= 11 is 0. The molecule has 7 rings (SSSR count). The lowest BCUT2D eigenvalue weighted by Crippen LogP contribution is -2.24. The highest BCUT2D eigenvalue weighted by Crippen LogP contribution is 2.31. The van der Waals surface area contributed by atoms with E-state index in [9.17, 15) is 4.79 Å². The van der Waals surface area contributed by atoms with E-state index in [0.717, 1.165) is 70.3 Å². The second-order valence-electron chi connectivity index (χ2n) is 10.5. The quantitative estimate of drug-likeness (QED) is 0.236. The van der Waals surface area contributed by atoms with Gasteiger partial charge in [-0.15, -0.1) is 0 Å². The fraction of sp³-hybridized carbons (Fsp3) is 0.226. The average Bonchev–Trinajstić information content (AvgIpc) is 3.61. The molecule has 0 spiro atoms. The Hall–Kier alpha value is -4.92. The van der Waals surface area contributed by atoms with Gasteiger partial charge in [-0.25, -0.2) is 9.97 Å². The van der Waals surface area contributed by atoms with E-state index in [1.54, 1.807) is 18.6 Å². The lowest BCUT2D eigenvalue weighted by atomic mass is 9.88. The zero-order valence-electron chi connectivity index (χ0n) is 22.1. The molecule has 198 valence electrons. The fourth-order valence-corrected chi connectivity index (χ4v) is 5.53. The van der Waals surface area contributed by atoms with Crippen molar-refractivity contribution in [3.63, 3.8) is 0 Å². The highest BCUT2D eigenvalue weighted by Gasteiger charge is 2.22. The molecule has 0 unspecified atom stereocenters. The fourth-order valence-electron chi connectivity index (χ4n) is 5.53. The maximum atomic E-state index is 12.8. The third kappa shape index (κ3) is 4.49. The lowest BCUT2D eigenvalue weighted by molar-refractivity contribution is -0.120. The Morgan fingerprint density at radius 2 is 1.77 bits per heavy atom. The van der Waals surface area contributed by atoms with Gasteiger partial charge in [0, 0.05) is 29.4 Å². The molecule has 1 fully saturated rings. The van der Waals surface area contributed by atoms with Gasteiger partial charge in [0.1, 0.15) is 11.0 Å². The molecule has 9 heteroatoms. The highest BCUT2D eigenvalue weighted by atomic mass is 16.1. The molecule has 6 aromatic rings. The van der Waals surface area contributed by atoms with E-state index in [1.165, 1.54) is 6.42 Å². The van der Waals surface area contributed by atoms with Crippen molar-refractivity contribution in [3.8, 4) is 34.0 Å². The molecule has 40 heavy (non-hydrogen) atoms. The minimum Gasteiger partial charge on any atom is -0.336 e. The first-order valence-corrected chi connectivity index (χ1v) is 13.7. The van der Waals surface area contributed by atoms with Gasteiger partial charge in [0.25, 0.3) is 0 Å². The number of H-pyrrole nitrogens is 2. The summed E-state index contributed by atoms with van der Waals surface area (Å²) in [6, 6.07) is 15.9. The Kier molecular flexibility index (Phi) is 6.03. The Morgan fingerprint density at radius 1 is 0.900 bits per heavy atom. The van der Waals surface area contributed by atoms with Crippen molar-refractivity contribution < 1.29 is 4.79 Å². The standard InChI is InChI=1S/C31H28N8O/c1-18-6-5-9-20(14-18)26-27-24(12-13-33-26)36-30(37-27)29-28-25(38-39-29)11-10-23(35-28)21-15-22(17-32-16-21)34-31(40)19-7-3-2-4-8-19/h5-6,9-17,19H,2-4,7-8H2,1H3,(H,34,40)(H,36,37)(H,38,39). The predicted octanol–water partition coefficient (Wildman–Crippen LogP) is 6.45. The molecule has 0 atom stereocenters. The molecule has 1 aliphatic carbocycles. The van der Waals surface area contributed by atoms with Crippen LogP contribution in [0.4, 0.5) is 5.69 Å². The van der Waals surface area contributed by atoms with Gasteiger partial charge in [-0.3, -0.25) is 19.9 Å². The van der Waals surface area contributed by atoms with Crippen LogP contribution in [0.15, 0.2) is 67.1 Å². The number of carbonyl (C=O) groups is 1. The van der Waals surface area contributed by atoms with Gasteiger partial charge in [0.2, 0.25) is 5.91 Å². The molecule has 5 aromatic heterocycles. The van der Waals surface area contributed by atoms with Crippen LogP contribution >= 0.6 is 0 Å². The second-order valence-corrected chi connectivity index (χ2v) is 10.5. The molecule has 0 bridgehead atoms. The summed E-state index contributed by atoms with van der Waals surface area (Å²) in [5.74, 6) is 0.758. The first-order valence-electron chi connectivity index (χ1n) is 13.7. The third-order valence-electron chi connectivity index (χ3n) is 7.60. The number of rotatable bonds is 5. The highest BCUT2D eigenvalue weighted by molar-refractivity contribution is 5.95. The summed E-state index contributed by atoms with van der Waals surface area (Å²) in [7, 11) is 0. The molecule has 5 heterocycles. The second kappa shape index (κ2) is 10.00. The monoisotopic (exact) mass is 528 g/mol. The van der Waals surface area contributed by atoms with E-state index in [2.05, 4.69) is 49.5 Å². The Labute approximate surface area is 230 Å². The van der Waals surface area contributed by atoms with Crippen LogP contribution in [0.2, 0.25) is 0 Å². The first-order chi connectivity index (χ1) is 19.6. The largest absolute Gasteiger partial charge is 0.336 e. The van der Waals surface area contributed by atoms with Crippen molar-refractivity contribution in [2.45, 2.75) is 39.0 Å². The number of amides is 1. The maximum absolute atomic E-state index is 12.8. The lowest BCUT2D eigenvalue weighted by Gasteiger charge is -2.20. The minimum absolute atomic E-state index is 0.0728. The van der Waals surface area contributed by atoms with Gasteiger partial charge in [0.15, 0.2) is 11.5 Å². The maximum Gasteiger partial charge on any atom is 0.227 e. The molecule has 0 aliphatic heterocycles. The van der Waals surface area contributed by atoms with Gasteiger partial charge in [-0.2, -0.15) is 5.10 Å². The van der Waals surface area contributed by atoms with E-state index >= 15 is 0 Å². The molecule has 1 aromatic carbocycles. The van der Waals surface area contributed by atoms with Gasteiger partial charge >= 0.3 is 0 Å². The van der Waals surface area contributed by atoms with Gasteiger partial charge in [-0.1, -0.05) is 43.0 Å². The number of fused-ring (bicyclic) bond motifs is 2. The number of pyridine rings is 3. The molecular formula is C31H28N8O. The number of benzene rings is 1. The van der Waals surface area contributed by atoms with E-state index in [-0.39, 0.29) is 11.8 Å². The number of nitrogens with one attached hydrogen (secondary N) is 3. The summed E-state index contributed by atoms with van der Waals surface area (Å²) in [6.07, 6.45) is 10.6. The molecule has 0 saturated heterocycles. The van der Waals surface area contributed by atoms with Crippen LogP contribution < -0.4 is 5.32 Å². The molecule has 1 aliphatic rings. The summed E-state index contributed by atoms with van der Waals surface area (Å²) in [6.45, 7) is 2.06. The summed E-state index contributed by atoms with van der Waals surface area (Å²) in [5.41, 5.74) is 8.97. The van der Waals surface area contributed by atoms with Crippen LogP contribution in [0.5, 0.6) is 0 Å². The van der Waals surface area contributed by atoms with Crippen molar-refractivity contribution in [2.75, 3.05) is 5.32 Å². The number of nitrogens with zero attached hydrogens (tertiary/aromatic N) is 5. The predicted molar refractivity (Wildman–Crippen MR) is 155 cm³/mol. The van der Waals surface area contributed by atoms with E-state index in [1.807, 2.05) is 36.4 Å². The van der Waals surface area contributed by atoms with E-state index < -0.39 is 0 Å². The smallest absolute Gasteiger partial charge is 0.227 e. The normalized spacial score (nSPS) is 14.1. The zero-order valence-corrected chi connectivity index (χ0v) is 22.1. The van der Waals surface area contributed by atoms with Crippen LogP contribution in [0.1, 0.15) is 37.7 Å². The molecule has 0 radical (unpaired) electrons. The Balaban J connectivity index is 1.23. The van der Waals surface area contributed by atoms with Crippen molar-refractivity contribution in [1.82, 2.24) is 35.1 Å². The Bertz CT molecular complexity index is 1860. The molecule has 1 amide bonds. The summed E-state index contributed by atoms with van der Waals surface area (Å²) in [5, 5.41) is 10.7. The van der Waals surface area contributed by atoms with Crippen LogP contribution in [0.3, 0.4) is 0 Å². The van der Waals surface area contributed by atoms with Gasteiger partial charge in [0.05, 0.1) is 34.3 Å². The minimum atomic E-state index is 0.0728. The molecule has 9 nitrogen and oxygen atoms in total. The van der Waals surface area contributed by atoms with Crippen molar-refractivity contribution >= 4 is 33.7 Å². The molecule has 3 N–H and O–H groups in total. The Morgan fingerprint density at radius 3 is 2.65 bits per heavy atom. The number of carbonyl (C=O) groups excluding carboxylic acids is 1. The third-order valence-corrected chi connectivity index (χ3v) is 7.60. The molecular weight excluding hydrogens is 500 g/mol. The first kappa shape index (κ1) is 24.1. The van der Waals surface area contributed by atoms with Crippen molar-refractivity contribution in [2.24, 2.45) is 5.92 Å². The summed E-state index contributed by atoms with van der Waals surface area (Å²) in [4.78, 5) is 35.0. The number of aryl methyl sites for hydroxylation is 1. The van der Waals surface area contributed by atoms with Crippen molar-refractivity contribution in [3.05, 3.63) is 72.7 Å². The zero-order chi connectivity index (χ0) is 27.1. The van der Waals surface area contributed by atoms with Gasteiger partial charge < -0.3 is 10.3 Å². The number of hydrogen-bond donors (Lipinski definition) is 3. The topological polar surface area (TPSA) is 125 Å². The van der Waals surface area contributed by atoms with Crippen LogP contribution in [-0.4, -0.2) is 41.0 Å². The number of aromatic amines is 2. The van der Waals surface area contributed by atoms with Crippen LogP contribution in [0.25, 0.3) is 56.1 Å². The average molecular weight is 529 g/mol. The van der Waals surface area contributed by atoms with E-state index in [4.69, 9.17) is 9.97 Å².